The van der Waals surface area contributed by atoms with Crippen molar-refractivity contribution in [2.75, 3.05) is 13.1 Å². The molecule has 2 aromatic heterocycles. The average Bonchev–Trinajstić information content (AvgIpc) is 3.41. The number of pyridine rings is 1. The fraction of sp³-hybridized carbons (Fsp3) is 0.417. The summed E-state index contributed by atoms with van der Waals surface area (Å²) in [6.07, 6.45) is 10.5. The Hall–Kier alpha value is -2.51. The third-order valence-electron chi connectivity index (χ3n) is 6.61. The van der Waals surface area contributed by atoms with Gasteiger partial charge in [-0.1, -0.05) is 6.07 Å². The molecular weight excluding hydrogens is 408 g/mol. The molecule has 1 aromatic carbocycles. The van der Waals surface area contributed by atoms with E-state index in [2.05, 4.69) is 21.5 Å². The summed E-state index contributed by atoms with van der Waals surface area (Å²) in [4.78, 5) is 9.26. The van der Waals surface area contributed by atoms with Crippen LogP contribution >= 0.6 is 0 Å². The first-order chi connectivity index (χ1) is 15.0. The molecule has 1 saturated heterocycles. The number of benzene rings is 1. The second kappa shape index (κ2) is 8.20. The van der Waals surface area contributed by atoms with Crippen LogP contribution in [0.5, 0.6) is 0 Å². The molecular formula is C24H28N4O2S. The number of hydrogen-bond acceptors (Lipinski definition) is 4. The maximum Gasteiger partial charge on any atom is 0.243 e. The highest BCUT2D eigenvalue weighted by atomic mass is 32.2. The molecule has 2 aliphatic rings. The van der Waals surface area contributed by atoms with Crippen LogP contribution in [0.3, 0.4) is 0 Å². The molecule has 3 heterocycles. The van der Waals surface area contributed by atoms with E-state index in [1.807, 2.05) is 36.7 Å². The number of imidazole rings is 1. The van der Waals surface area contributed by atoms with Gasteiger partial charge in [0.1, 0.15) is 5.82 Å². The number of rotatable bonds is 5. The fourth-order valence-electron chi connectivity index (χ4n) is 4.93. The Bertz CT molecular complexity index is 1190. The van der Waals surface area contributed by atoms with Crippen LogP contribution in [-0.2, 0) is 29.4 Å². The standard InChI is InChI=1S/C24H28N4O2S/c1-18-14-26-24(22-8-3-11-25-15-22)28(18)17-19-5-4-12-27(16-19)31(29,30)23-10-9-20-6-2-7-21(20)13-23/h3,8-11,13-15,19H,2,4-7,12,16-17H2,1H3. The van der Waals surface area contributed by atoms with Crippen molar-refractivity contribution in [3.63, 3.8) is 0 Å². The van der Waals surface area contributed by atoms with Gasteiger partial charge in [-0.05, 0) is 80.3 Å². The first-order valence-electron chi connectivity index (χ1n) is 11.1. The second-order valence-electron chi connectivity index (χ2n) is 8.73. The number of aryl methyl sites for hydroxylation is 3. The number of aromatic nitrogens is 3. The molecule has 1 fully saturated rings. The lowest BCUT2D eigenvalue weighted by Gasteiger charge is -2.32. The van der Waals surface area contributed by atoms with Gasteiger partial charge in [-0.2, -0.15) is 4.31 Å². The van der Waals surface area contributed by atoms with Gasteiger partial charge in [0, 0.05) is 49.5 Å². The summed E-state index contributed by atoms with van der Waals surface area (Å²) in [7, 11) is -3.47. The van der Waals surface area contributed by atoms with Crippen molar-refractivity contribution in [1.82, 2.24) is 18.8 Å². The summed E-state index contributed by atoms with van der Waals surface area (Å²) in [5.41, 5.74) is 4.56. The van der Waals surface area contributed by atoms with Gasteiger partial charge in [0.2, 0.25) is 10.0 Å². The fourth-order valence-corrected chi connectivity index (χ4v) is 6.53. The third kappa shape index (κ3) is 3.92. The van der Waals surface area contributed by atoms with Crippen LogP contribution in [0.2, 0.25) is 0 Å². The van der Waals surface area contributed by atoms with Gasteiger partial charge in [-0.3, -0.25) is 4.98 Å². The molecule has 1 atom stereocenters. The number of fused-ring (bicyclic) bond motifs is 1. The highest BCUT2D eigenvalue weighted by Gasteiger charge is 2.31. The zero-order valence-electron chi connectivity index (χ0n) is 17.9. The molecule has 0 saturated carbocycles. The SMILES string of the molecule is Cc1cnc(-c2cccnc2)n1CC1CCCN(S(=O)(=O)c2ccc3c(c2)CCC3)C1. The minimum atomic E-state index is -3.47. The second-order valence-corrected chi connectivity index (χ2v) is 10.7. The summed E-state index contributed by atoms with van der Waals surface area (Å²) < 4.78 is 30.7. The maximum absolute atomic E-state index is 13.4. The van der Waals surface area contributed by atoms with Crippen LogP contribution in [0.4, 0.5) is 0 Å². The van der Waals surface area contributed by atoms with Gasteiger partial charge in [0.05, 0.1) is 4.90 Å². The first-order valence-corrected chi connectivity index (χ1v) is 12.5. The van der Waals surface area contributed by atoms with E-state index >= 15 is 0 Å². The van der Waals surface area contributed by atoms with E-state index in [0.717, 1.165) is 55.7 Å². The van der Waals surface area contributed by atoms with Crippen LogP contribution < -0.4 is 0 Å². The smallest absolute Gasteiger partial charge is 0.243 e. The van der Waals surface area contributed by atoms with Crippen LogP contribution in [0, 0.1) is 12.8 Å². The van der Waals surface area contributed by atoms with E-state index in [0.29, 0.717) is 18.0 Å². The summed E-state index contributed by atoms with van der Waals surface area (Å²) in [6.45, 7) is 3.94. The highest BCUT2D eigenvalue weighted by molar-refractivity contribution is 7.89. The van der Waals surface area contributed by atoms with Crippen molar-refractivity contribution in [1.29, 1.82) is 0 Å². The molecule has 0 N–H and O–H groups in total. The Labute approximate surface area is 184 Å². The van der Waals surface area contributed by atoms with Gasteiger partial charge in [-0.15, -0.1) is 0 Å². The Morgan fingerprint density at radius 1 is 1.10 bits per heavy atom. The Morgan fingerprint density at radius 3 is 2.81 bits per heavy atom. The summed E-state index contributed by atoms with van der Waals surface area (Å²) in [5, 5.41) is 0. The van der Waals surface area contributed by atoms with Crippen LogP contribution in [0.1, 0.15) is 36.1 Å². The van der Waals surface area contributed by atoms with Gasteiger partial charge < -0.3 is 4.57 Å². The first kappa shape index (κ1) is 20.4. The molecule has 1 unspecified atom stereocenters. The van der Waals surface area contributed by atoms with Crippen molar-refractivity contribution < 1.29 is 8.42 Å². The maximum atomic E-state index is 13.4. The summed E-state index contributed by atoms with van der Waals surface area (Å²) in [6, 6.07) is 9.63. The number of hydrogen-bond donors (Lipinski definition) is 0. The highest BCUT2D eigenvalue weighted by Crippen LogP contribution is 2.30. The quantitative estimate of drug-likeness (QED) is 0.609. The minimum Gasteiger partial charge on any atom is -0.328 e. The van der Waals surface area contributed by atoms with E-state index in [1.54, 1.807) is 16.6 Å². The van der Waals surface area contributed by atoms with E-state index in [-0.39, 0.29) is 5.92 Å². The van der Waals surface area contributed by atoms with Crippen molar-refractivity contribution in [3.8, 4) is 11.4 Å². The van der Waals surface area contributed by atoms with Crippen LogP contribution in [-0.4, -0.2) is 40.3 Å². The third-order valence-corrected chi connectivity index (χ3v) is 8.47. The normalized spacial score (nSPS) is 19.5. The van der Waals surface area contributed by atoms with Crippen LogP contribution in [0.15, 0.2) is 53.8 Å². The molecule has 5 rings (SSSR count). The van der Waals surface area contributed by atoms with E-state index in [4.69, 9.17) is 0 Å². The molecule has 0 amide bonds. The molecule has 1 aliphatic carbocycles. The van der Waals surface area contributed by atoms with E-state index < -0.39 is 10.0 Å². The molecule has 7 heteroatoms. The van der Waals surface area contributed by atoms with Crippen molar-refractivity contribution in [3.05, 3.63) is 65.7 Å². The predicted octanol–water partition coefficient (Wildman–Crippen LogP) is 3.84. The number of piperidine rings is 1. The van der Waals surface area contributed by atoms with Crippen molar-refractivity contribution >= 4 is 10.0 Å². The molecule has 31 heavy (non-hydrogen) atoms. The van der Waals surface area contributed by atoms with Crippen molar-refractivity contribution in [2.45, 2.75) is 50.5 Å². The van der Waals surface area contributed by atoms with Gasteiger partial charge in [0.25, 0.3) is 0 Å². The summed E-state index contributed by atoms with van der Waals surface area (Å²) in [5.74, 6) is 1.14. The monoisotopic (exact) mass is 436 g/mol. The van der Waals surface area contributed by atoms with Gasteiger partial charge >= 0.3 is 0 Å². The molecule has 162 valence electrons. The Kier molecular flexibility index (Phi) is 5.40. The lowest BCUT2D eigenvalue weighted by atomic mass is 9.99. The largest absolute Gasteiger partial charge is 0.328 e. The zero-order chi connectivity index (χ0) is 21.4. The zero-order valence-corrected chi connectivity index (χ0v) is 18.7. The van der Waals surface area contributed by atoms with Gasteiger partial charge in [-0.25, -0.2) is 13.4 Å². The molecule has 1 aliphatic heterocycles. The number of nitrogens with zero attached hydrogens (tertiary/aromatic N) is 4. The molecule has 0 bridgehead atoms. The van der Waals surface area contributed by atoms with Crippen molar-refractivity contribution in [2.24, 2.45) is 5.92 Å². The van der Waals surface area contributed by atoms with Crippen LogP contribution in [0.25, 0.3) is 11.4 Å². The van der Waals surface area contributed by atoms with Gasteiger partial charge in [0.15, 0.2) is 0 Å². The van der Waals surface area contributed by atoms with E-state index in [1.165, 1.54) is 11.1 Å². The Balaban J connectivity index is 1.36. The van der Waals surface area contributed by atoms with E-state index in [9.17, 15) is 8.42 Å². The number of sulfonamides is 1. The lowest BCUT2D eigenvalue weighted by molar-refractivity contribution is 0.245. The molecule has 0 radical (unpaired) electrons. The topological polar surface area (TPSA) is 68.1 Å². The minimum absolute atomic E-state index is 0.251. The molecule has 6 nitrogen and oxygen atoms in total. The molecule has 0 spiro atoms. The average molecular weight is 437 g/mol. The lowest BCUT2D eigenvalue weighted by Crippen LogP contribution is -2.41. The molecule has 3 aromatic rings. The Morgan fingerprint density at radius 2 is 1.97 bits per heavy atom. The predicted molar refractivity (Wildman–Crippen MR) is 120 cm³/mol. The summed E-state index contributed by atoms with van der Waals surface area (Å²) >= 11 is 0.